The SMILES string of the molecule is CCCC[NH2+]CCCC.Nc1ccc(S(=O)(=O)[O-])c(N)c1. The van der Waals surface area contributed by atoms with Crippen molar-refractivity contribution in [1.82, 2.24) is 0 Å². The van der Waals surface area contributed by atoms with E-state index in [1.54, 1.807) is 0 Å². The van der Waals surface area contributed by atoms with E-state index in [1.165, 1.54) is 50.9 Å². The molecule has 0 amide bonds. The number of anilines is 2. The summed E-state index contributed by atoms with van der Waals surface area (Å²) in [6.07, 6.45) is 5.43. The highest BCUT2D eigenvalue weighted by atomic mass is 32.2. The fourth-order valence-corrected chi connectivity index (χ4v) is 2.22. The van der Waals surface area contributed by atoms with Crippen molar-refractivity contribution in [2.75, 3.05) is 24.6 Å². The van der Waals surface area contributed by atoms with Crippen LogP contribution >= 0.6 is 0 Å². The number of hydrogen-bond donors (Lipinski definition) is 3. The number of nitrogens with two attached hydrogens (primary N) is 3. The molecule has 0 spiro atoms. The predicted molar refractivity (Wildman–Crippen MR) is 84.7 cm³/mol. The van der Waals surface area contributed by atoms with E-state index < -0.39 is 15.0 Å². The Hall–Kier alpha value is -1.31. The maximum Gasteiger partial charge on any atom is 0.126 e. The predicted octanol–water partition coefficient (Wildman–Crippen LogP) is 0.905. The number of unbranched alkanes of at least 4 members (excludes halogenated alkanes) is 2. The third-order valence-electron chi connectivity index (χ3n) is 2.83. The first kappa shape index (κ1) is 19.7. The Balaban J connectivity index is 0.000000400. The lowest BCUT2D eigenvalue weighted by molar-refractivity contribution is -0.655. The van der Waals surface area contributed by atoms with Crippen molar-refractivity contribution in [2.24, 2.45) is 0 Å². The Morgan fingerprint density at radius 3 is 2.00 bits per heavy atom. The summed E-state index contributed by atoms with van der Waals surface area (Å²) in [7, 11) is -4.48. The van der Waals surface area contributed by atoms with Crippen LogP contribution in [-0.2, 0) is 10.1 Å². The van der Waals surface area contributed by atoms with Crippen LogP contribution in [0.5, 0.6) is 0 Å². The Labute approximate surface area is 127 Å². The van der Waals surface area contributed by atoms with Crippen molar-refractivity contribution in [3.05, 3.63) is 18.2 Å². The number of hydrogen-bond acceptors (Lipinski definition) is 5. The van der Waals surface area contributed by atoms with Crippen LogP contribution in [0, 0.1) is 0 Å². The van der Waals surface area contributed by atoms with E-state index in [1.807, 2.05) is 0 Å². The lowest BCUT2D eigenvalue weighted by atomic mass is 10.3. The molecule has 0 fully saturated rings. The highest BCUT2D eigenvalue weighted by molar-refractivity contribution is 7.86. The molecule has 1 aromatic carbocycles. The molecule has 0 aliphatic heterocycles. The third kappa shape index (κ3) is 9.28. The molecular formula is C14H27N3O3S. The molecule has 0 radical (unpaired) electrons. The lowest BCUT2D eigenvalue weighted by Crippen LogP contribution is -2.84. The molecular weight excluding hydrogens is 290 g/mol. The van der Waals surface area contributed by atoms with E-state index in [0.29, 0.717) is 5.69 Å². The van der Waals surface area contributed by atoms with Gasteiger partial charge in [-0.2, -0.15) is 0 Å². The largest absolute Gasteiger partial charge is 0.744 e. The van der Waals surface area contributed by atoms with Crippen molar-refractivity contribution in [3.63, 3.8) is 0 Å². The summed E-state index contributed by atoms with van der Waals surface area (Å²) in [5.41, 5.74) is 10.7. The van der Waals surface area contributed by atoms with Crippen LogP contribution in [0.3, 0.4) is 0 Å². The summed E-state index contributed by atoms with van der Waals surface area (Å²) in [6.45, 7) is 7.15. The molecule has 6 N–H and O–H groups in total. The Morgan fingerprint density at radius 2 is 1.62 bits per heavy atom. The zero-order valence-electron chi connectivity index (χ0n) is 12.8. The Morgan fingerprint density at radius 1 is 1.10 bits per heavy atom. The van der Waals surface area contributed by atoms with Gasteiger partial charge in [-0.3, -0.25) is 0 Å². The summed E-state index contributed by atoms with van der Waals surface area (Å²) in [6, 6.07) is 3.62. The molecule has 0 aliphatic rings. The first-order chi connectivity index (χ1) is 9.82. The zero-order valence-corrected chi connectivity index (χ0v) is 13.7. The molecule has 1 rings (SSSR count). The second-order valence-electron chi connectivity index (χ2n) is 4.82. The number of rotatable bonds is 7. The summed E-state index contributed by atoms with van der Waals surface area (Å²) in [4.78, 5) is -0.434. The molecule has 1 aromatic rings. The van der Waals surface area contributed by atoms with Gasteiger partial charge < -0.3 is 21.3 Å². The molecule has 6 nitrogen and oxygen atoms in total. The van der Waals surface area contributed by atoms with Crippen LogP contribution in [0.15, 0.2) is 23.1 Å². The quantitative estimate of drug-likeness (QED) is 0.391. The summed E-state index contributed by atoms with van der Waals surface area (Å²) in [5, 5.41) is 2.42. The summed E-state index contributed by atoms with van der Waals surface area (Å²) in [5.74, 6) is 0. The zero-order chi connectivity index (χ0) is 16.3. The second-order valence-corrected chi connectivity index (χ2v) is 6.17. The summed E-state index contributed by atoms with van der Waals surface area (Å²) >= 11 is 0. The van der Waals surface area contributed by atoms with Crippen LogP contribution in [0.1, 0.15) is 39.5 Å². The van der Waals surface area contributed by atoms with Crippen molar-refractivity contribution in [3.8, 4) is 0 Å². The molecule has 0 bridgehead atoms. The van der Waals surface area contributed by atoms with Crippen LogP contribution in [0.2, 0.25) is 0 Å². The van der Waals surface area contributed by atoms with E-state index >= 15 is 0 Å². The Kier molecular flexibility index (Phi) is 9.77. The van der Waals surface area contributed by atoms with Gasteiger partial charge in [-0.25, -0.2) is 8.42 Å². The first-order valence-corrected chi connectivity index (χ1v) is 8.66. The highest BCUT2D eigenvalue weighted by Gasteiger charge is 2.05. The van der Waals surface area contributed by atoms with Gasteiger partial charge >= 0.3 is 0 Å². The molecule has 0 saturated carbocycles. The van der Waals surface area contributed by atoms with Crippen molar-refractivity contribution in [2.45, 2.75) is 44.4 Å². The topological polar surface area (TPSA) is 126 Å². The van der Waals surface area contributed by atoms with Crippen molar-refractivity contribution < 1.29 is 18.3 Å². The molecule has 0 atom stereocenters. The van der Waals surface area contributed by atoms with Gasteiger partial charge in [-0.1, -0.05) is 26.7 Å². The van der Waals surface area contributed by atoms with E-state index in [9.17, 15) is 13.0 Å². The summed E-state index contributed by atoms with van der Waals surface area (Å²) < 4.78 is 31.5. The highest BCUT2D eigenvalue weighted by Crippen LogP contribution is 2.19. The molecule has 0 saturated heterocycles. The standard InChI is InChI=1S/C8H19N.C6H8N2O3S/c1-3-5-7-9-8-6-4-2;7-4-1-2-6(5(8)3-4)12(9,10)11/h9H,3-8H2,1-2H3;1-3H,7-8H2,(H,9,10,11). The fourth-order valence-electron chi connectivity index (χ4n) is 1.64. The maximum atomic E-state index is 10.5. The van der Waals surface area contributed by atoms with Gasteiger partial charge in [-0.05, 0) is 31.0 Å². The average Bonchev–Trinajstić information content (AvgIpc) is 2.38. The molecule has 122 valence electrons. The van der Waals surface area contributed by atoms with Gasteiger partial charge in [0.1, 0.15) is 10.1 Å². The molecule has 7 heteroatoms. The first-order valence-electron chi connectivity index (χ1n) is 7.25. The minimum Gasteiger partial charge on any atom is -0.744 e. The lowest BCUT2D eigenvalue weighted by Gasteiger charge is -2.09. The van der Waals surface area contributed by atoms with Crippen LogP contribution in [0.4, 0.5) is 11.4 Å². The Bertz CT molecular complexity index is 498. The average molecular weight is 317 g/mol. The van der Waals surface area contributed by atoms with Crippen molar-refractivity contribution in [1.29, 1.82) is 0 Å². The minimum atomic E-state index is -4.48. The number of quaternary nitrogens is 1. The molecule has 0 unspecified atom stereocenters. The van der Waals surface area contributed by atoms with Crippen LogP contribution in [-0.4, -0.2) is 26.1 Å². The molecule has 0 heterocycles. The maximum absolute atomic E-state index is 10.5. The van der Waals surface area contributed by atoms with E-state index in [2.05, 4.69) is 19.2 Å². The third-order valence-corrected chi connectivity index (χ3v) is 3.74. The fraction of sp³-hybridized carbons (Fsp3) is 0.571. The van der Waals surface area contributed by atoms with Crippen LogP contribution < -0.4 is 16.8 Å². The van der Waals surface area contributed by atoms with E-state index in [0.717, 1.165) is 6.07 Å². The number of nitrogen functional groups attached to an aromatic ring is 2. The van der Waals surface area contributed by atoms with Gasteiger partial charge in [0, 0.05) is 5.69 Å². The van der Waals surface area contributed by atoms with Crippen molar-refractivity contribution >= 4 is 21.5 Å². The van der Waals surface area contributed by atoms with Gasteiger partial charge in [0.15, 0.2) is 0 Å². The van der Waals surface area contributed by atoms with Crippen LogP contribution in [0.25, 0.3) is 0 Å². The van der Waals surface area contributed by atoms with Gasteiger partial charge in [0.05, 0.1) is 23.7 Å². The minimum absolute atomic E-state index is 0.120. The second kappa shape index (κ2) is 10.4. The normalized spacial score (nSPS) is 10.8. The van der Waals surface area contributed by atoms with E-state index in [-0.39, 0.29) is 5.69 Å². The smallest absolute Gasteiger partial charge is 0.126 e. The number of benzene rings is 1. The molecule has 0 aromatic heterocycles. The molecule has 21 heavy (non-hydrogen) atoms. The van der Waals surface area contributed by atoms with Gasteiger partial charge in [0.25, 0.3) is 0 Å². The molecule has 0 aliphatic carbocycles. The van der Waals surface area contributed by atoms with Gasteiger partial charge in [-0.15, -0.1) is 0 Å². The van der Waals surface area contributed by atoms with E-state index in [4.69, 9.17) is 11.5 Å². The van der Waals surface area contributed by atoms with Gasteiger partial charge in [0.2, 0.25) is 0 Å². The monoisotopic (exact) mass is 317 g/mol.